The van der Waals surface area contributed by atoms with E-state index in [2.05, 4.69) is 10.4 Å². The Morgan fingerprint density at radius 2 is 1.74 bits per heavy atom. The van der Waals surface area contributed by atoms with E-state index in [1.165, 1.54) is 4.68 Å². The maximum atomic E-state index is 12.8. The van der Waals surface area contributed by atoms with Crippen molar-refractivity contribution in [1.29, 1.82) is 0 Å². The summed E-state index contributed by atoms with van der Waals surface area (Å²) in [5.41, 5.74) is 2.13. The van der Waals surface area contributed by atoms with Crippen molar-refractivity contribution in [3.8, 4) is 11.3 Å². The summed E-state index contributed by atoms with van der Waals surface area (Å²) in [6.45, 7) is 0.185. The van der Waals surface area contributed by atoms with E-state index in [0.717, 1.165) is 16.5 Å². The number of hydrogen-bond donors (Lipinski definition) is 1. The highest BCUT2D eigenvalue weighted by Crippen LogP contribution is 2.24. The van der Waals surface area contributed by atoms with Crippen molar-refractivity contribution in [3.63, 3.8) is 0 Å². The molecule has 2 aromatic carbocycles. The number of benzene rings is 2. The summed E-state index contributed by atoms with van der Waals surface area (Å²) < 4.78 is 6.20. The minimum absolute atomic E-state index is 0.151. The summed E-state index contributed by atoms with van der Waals surface area (Å²) >= 11 is 0. The molecule has 134 valence electrons. The van der Waals surface area contributed by atoms with Gasteiger partial charge in [-0.15, -0.1) is 0 Å². The highest BCUT2D eigenvalue weighted by atomic mass is 16.3. The molecule has 0 aliphatic rings. The predicted octanol–water partition coefficient (Wildman–Crippen LogP) is 2.97. The first kappa shape index (κ1) is 16.8. The smallest absolute Gasteiger partial charge is 0.275 e. The fraction of sp³-hybridized carbons (Fsp3) is 0.0952. The molecule has 0 atom stereocenters. The predicted molar refractivity (Wildman–Crippen MR) is 102 cm³/mol. The summed E-state index contributed by atoms with van der Waals surface area (Å²) in [4.78, 5) is 25.1. The average molecular weight is 359 g/mol. The molecule has 1 amide bonds. The molecule has 4 rings (SSSR count). The molecule has 6 nitrogen and oxygen atoms in total. The van der Waals surface area contributed by atoms with Crippen LogP contribution in [0.25, 0.3) is 22.0 Å². The van der Waals surface area contributed by atoms with Gasteiger partial charge in [0.15, 0.2) is 0 Å². The van der Waals surface area contributed by atoms with Gasteiger partial charge < -0.3 is 9.73 Å². The van der Waals surface area contributed by atoms with Crippen LogP contribution in [0.2, 0.25) is 0 Å². The van der Waals surface area contributed by atoms with Crippen LogP contribution in [0.3, 0.4) is 0 Å². The molecule has 0 saturated carbocycles. The largest absolute Gasteiger partial charge is 0.472 e. The lowest BCUT2D eigenvalue weighted by molar-refractivity contribution is -0.122. The van der Waals surface area contributed by atoms with E-state index in [4.69, 9.17) is 4.42 Å². The first-order valence-corrected chi connectivity index (χ1v) is 8.55. The van der Waals surface area contributed by atoms with Crippen LogP contribution in [0.4, 0.5) is 0 Å². The maximum Gasteiger partial charge on any atom is 0.275 e. The number of rotatable bonds is 5. The van der Waals surface area contributed by atoms with Crippen molar-refractivity contribution >= 4 is 16.7 Å². The molecule has 0 aliphatic carbocycles. The van der Waals surface area contributed by atoms with Crippen molar-refractivity contribution in [1.82, 2.24) is 15.1 Å². The molecule has 6 heteroatoms. The van der Waals surface area contributed by atoms with E-state index in [1.54, 1.807) is 24.7 Å². The summed E-state index contributed by atoms with van der Waals surface area (Å²) in [6.07, 6.45) is 3.11. The third kappa shape index (κ3) is 3.50. The van der Waals surface area contributed by atoms with Gasteiger partial charge in [0.1, 0.15) is 6.54 Å². The molecule has 0 aliphatic heterocycles. The molecule has 0 fully saturated rings. The van der Waals surface area contributed by atoms with E-state index in [9.17, 15) is 9.59 Å². The molecule has 1 N–H and O–H groups in total. The molecule has 0 unspecified atom stereocenters. The Kier molecular flexibility index (Phi) is 4.53. The number of amides is 1. The monoisotopic (exact) mass is 359 g/mol. The van der Waals surface area contributed by atoms with Crippen molar-refractivity contribution in [2.45, 2.75) is 13.1 Å². The number of fused-ring (bicyclic) bond motifs is 1. The van der Waals surface area contributed by atoms with E-state index in [0.29, 0.717) is 17.6 Å². The van der Waals surface area contributed by atoms with Crippen molar-refractivity contribution < 1.29 is 9.21 Å². The fourth-order valence-electron chi connectivity index (χ4n) is 2.94. The Morgan fingerprint density at radius 3 is 2.48 bits per heavy atom. The van der Waals surface area contributed by atoms with E-state index >= 15 is 0 Å². The van der Waals surface area contributed by atoms with Crippen molar-refractivity contribution in [2.24, 2.45) is 0 Å². The highest BCUT2D eigenvalue weighted by Gasteiger charge is 2.14. The minimum atomic E-state index is -0.292. The van der Waals surface area contributed by atoms with Gasteiger partial charge in [0, 0.05) is 23.1 Å². The van der Waals surface area contributed by atoms with Gasteiger partial charge in [-0.2, -0.15) is 5.10 Å². The summed E-state index contributed by atoms with van der Waals surface area (Å²) in [5, 5.41) is 8.55. The zero-order valence-corrected chi connectivity index (χ0v) is 14.5. The van der Waals surface area contributed by atoms with E-state index in [1.807, 2.05) is 48.5 Å². The van der Waals surface area contributed by atoms with Crippen LogP contribution in [0.15, 0.2) is 82.4 Å². The number of hydrogen-bond acceptors (Lipinski definition) is 4. The van der Waals surface area contributed by atoms with Gasteiger partial charge in [-0.05, 0) is 12.1 Å². The van der Waals surface area contributed by atoms with Gasteiger partial charge in [-0.25, -0.2) is 4.68 Å². The topological polar surface area (TPSA) is 77.1 Å². The lowest BCUT2D eigenvalue weighted by Crippen LogP contribution is -2.33. The molecule has 2 aromatic heterocycles. The quantitative estimate of drug-likeness (QED) is 0.594. The second-order valence-corrected chi connectivity index (χ2v) is 6.13. The fourth-order valence-corrected chi connectivity index (χ4v) is 2.94. The Bertz CT molecular complexity index is 1130. The summed E-state index contributed by atoms with van der Waals surface area (Å²) in [6, 6.07) is 18.7. The standard InChI is InChI=1S/C21H17N3O3/c25-19(22-12-15-10-11-27-14-15)13-24-21(26)18-9-5-4-8-17(18)20(23-24)16-6-2-1-3-7-16/h1-11,14H,12-13H2,(H,22,25). The number of nitrogens with zero attached hydrogens (tertiary/aromatic N) is 2. The van der Waals surface area contributed by atoms with Crippen molar-refractivity contribution in [3.05, 3.63) is 89.1 Å². The number of furan rings is 1. The summed E-state index contributed by atoms with van der Waals surface area (Å²) in [7, 11) is 0. The van der Waals surface area contributed by atoms with Gasteiger partial charge in [-0.1, -0.05) is 48.5 Å². The summed E-state index contributed by atoms with van der Waals surface area (Å²) in [5.74, 6) is -0.292. The first-order chi connectivity index (χ1) is 13.2. The number of nitrogens with one attached hydrogen (secondary N) is 1. The molecule has 0 saturated heterocycles. The Balaban J connectivity index is 1.69. The molecule has 4 aromatic rings. The van der Waals surface area contributed by atoms with Crippen LogP contribution in [-0.4, -0.2) is 15.7 Å². The van der Waals surface area contributed by atoms with Crippen LogP contribution in [0.1, 0.15) is 5.56 Å². The number of carbonyl (C=O) groups is 1. The second kappa shape index (κ2) is 7.29. The molecule has 27 heavy (non-hydrogen) atoms. The van der Waals surface area contributed by atoms with Crippen LogP contribution in [0.5, 0.6) is 0 Å². The Morgan fingerprint density at radius 1 is 1.00 bits per heavy atom. The van der Waals surface area contributed by atoms with Crippen LogP contribution < -0.4 is 10.9 Å². The van der Waals surface area contributed by atoms with Crippen LogP contribution in [0, 0.1) is 0 Å². The highest BCUT2D eigenvalue weighted by molar-refractivity contribution is 5.93. The lowest BCUT2D eigenvalue weighted by atomic mass is 10.1. The van der Waals surface area contributed by atoms with E-state index < -0.39 is 0 Å². The molecule has 0 radical (unpaired) electrons. The van der Waals surface area contributed by atoms with Gasteiger partial charge in [0.2, 0.25) is 5.91 Å². The number of aromatic nitrogens is 2. The van der Waals surface area contributed by atoms with Gasteiger partial charge in [-0.3, -0.25) is 9.59 Å². The average Bonchev–Trinajstić information content (AvgIpc) is 3.23. The van der Waals surface area contributed by atoms with Crippen LogP contribution in [-0.2, 0) is 17.9 Å². The number of carbonyl (C=O) groups excluding carboxylic acids is 1. The van der Waals surface area contributed by atoms with Crippen LogP contribution >= 0.6 is 0 Å². The third-order valence-corrected chi connectivity index (χ3v) is 4.28. The molecule has 2 heterocycles. The molecule has 0 bridgehead atoms. The normalized spacial score (nSPS) is 10.8. The zero-order valence-electron chi connectivity index (χ0n) is 14.5. The second-order valence-electron chi connectivity index (χ2n) is 6.13. The van der Waals surface area contributed by atoms with Gasteiger partial charge in [0.05, 0.1) is 23.6 Å². The van der Waals surface area contributed by atoms with Gasteiger partial charge in [0.25, 0.3) is 5.56 Å². The Hall–Kier alpha value is -3.67. The molecular formula is C21H17N3O3. The third-order valence-electron chi connectivity index (χ3n) is 4.28. The first-order valence-electron chi connectivity index (χ1n) is 8.55. The maximum absolute atomic E-state index is 12.8. The molecule has 0 spiro atoms. The van der Waals surface area contributed by atoms with Gasteiger partial charge >= 0.3 is 0 Å². The van der Waals surface area contributed by atoms with E-state index in [-0.39, 0.29) is 18.0 Å². The SMILES string of the molecule is O=C(Cn1nc(-c2ccccc2)c2ccccc2c1=O)NCc1ccoc1. The molecular weight excluding hydrogens is 342 g/mol. The Labute approximate surface area is 155 Å². The van der Waals surface area contributed by atoms with Crippen molar-refractivity contribution in [2.75, 3.05) is 0 Å². The minimum Gasteiger partial charge on any atom is -0.472 e. The zero-order chi connectivity index (χ0) is 18.6. The lowest BCUT2D eigenvalue weighted by Gasteiger charge is -2.11.